The Morgan fingerprint density at radius 1 is 1.21 bits per heavy atom. The van der Waals surface area contributed by atoms with Gasteiger partial charge in [0.05, 0.1) is 6.54 Å². The summed E-state index contributed by atoms with van der Waals surface area (Å²) in [6.07, 6.45) is 3.62. The predicted molar refractivity (Wildman–Crippen MR) is 79.0 cm³/mol. The van der Waals surface area contributed by atoms with E-state index in [0.717, 1.165) is 32.0 Å². The molecule has 102 valence electrons. The van der Waals surface area contributed by atoms with E-state index in [9.17, 15) is 0 Å². The van der Waals surface area contributed by atoms with Crippen LogP contribution in [0.4, 0.5) is 5.69 Å². The molecule has 0 amide bonds. The van der Waals surface area contributed by atoms with Gasteiger partial charge >= 0.3 is 0 Å². The van der Waals surface area contributed by atoms with E-state index in [2.05, 4.69) is 58.3 Å². The first-order chi connectivity index (χ1) is 9.33. The molecule has 0 aliphatic heterocycles. The van der Waals surface area contributed by atoms with Gasteiger partial charge in [0.25, 0.3) is 0 Å². The average Bonchev–Trinajstić information content (AvgIpc) is 2.97. The second kappa shape index (κ2) is 6.95. The molecule has 1 aromatic heterocycles. The molecule has 0 atom stereocenters. The van der Waals surface area contributed by atoms with Crippen LogP contribution in [0.2, 0.25) is 0 Å². The average molecular weight is 258 g/mol. The Morgan fingerprint density at radius 2 is 2.00 bits per heavy atom. The largest absolute Gasteiger partial charge is 0.378 e. The van der Waals surface area contributed by atoms with Crippen molar-refractivity contribution in [3.63, 3.8) is 0 Å². The number of H-pyrrole nitrogens is 1. The molecule has 2 N–H and O–H groups in total. The van der Waals surface area contributed by atoms with Crippen LogP contribution in [0.15, 0.2) is 36.7 Å². The summed E-state index contributed by atoms with van der Waals surface area (Å²) in [5.41, 5.74) is 2.52. The Hall–Kier alpha value is -1.81. The van der Waals surface area contributed by atoms with E-state index in [0.29, 0.717) is 0 Å². The highest BCUT2D eigenvalue weighted by Gasteiger charge is 2.06. The van der Waals surface area contributed by atoms with Crippen molar-refractivity contribution >= 4 is 5.69 Å². The number of hydrogen-bond donors (Lipinski definition) is 2. The maximum absolute atomic E-state index is 4.23. The smallest absolute Gasteiger partial charge is 0.125 e. The second-order valence-corrected chi connectivity index (χ2v) is 4.51. The lowest BCUT2D eigenvalue weighted by molar-refractivity contribution is 0.296. The van der Waals surface area contributed by atoms with Crippen molar-refractivity contribution in [3.05, 3.63) is 48.0 Å². The summed E-state index contributed by atoms with van der Waals surface area (Å²) in [4.78, 5) is 9.74. The molecule has 0 aliphatic rings. The van der Waals surface area contributed by atoms with Crippen molar-refractivity contribution in [2.45, 2.75) is 26.9 Å². The molecule has 0 unspecified atom stereocenters. The lowest BCUT2D eigenvalue weighted by atomic mass is 10.1. The number of rotatable bonds is 7. The molecule has 4 heteroatoms. The van der Waals surface area contributed by atoms with Gasteiger partial charge in [-0.25, -0.2) is 4.98 Å². The number of benzene rings is 1. The van der Waals surface area contributed by atoms with Crippen molar-refractivity contribution in [1.82, 2.24) is 14.9 Å². The quantitative estimate of drug-likeness (QED) is 0.802. The van der Waals surface area contributed by atoms with E-state index < -0.39 is 0 Å². The number of aromatic nitrogens is 2. The van der Waals surface area contributed by atoms with Crippen LogP contribution < -0.4 is 5.32 Å². The molecule has 0 radical (unpaired) electrons. The lowest BCUT2D eigenvalue weighted by Gasteiger charge is -2.20. The predicted octanol–water partition coefficient (Wildman–Crippen LogP) is 2.86. The van der Waals surface area contributed by atoms with Gasteiger partial charge in [-0.15, -0.1) is 0 Å². The number of nitrogens with zero attached hydrogens (tertiary/aromatic N) is 2. The molecule has 4 nitrogen and oxygen atoms in total. The summed E-state index contributed by atoms with van der Waals surface area (Å²) < 4.78 is 0. The fourth-order valence-corrected chi connectivity index (χ4v) is 2.09. The van der Waals surface area contributed by atoms with Crippen molar-refractivity contribution < 1.29 is 0 Å². The zero-order valence-electron chi connectivity index (χ0n) is 11.7. The summed E-state index contributed by atoms with van der Waals surface area (Å²) >= 11 is 0. The molecule has 0 spiro atoms. The van der Waals surface area contributed by atoms with Gasteiger partial charge in [0.1, 0.15) is 5.82 Å². The molecule has 19 heavy (non-hydrogen) atoms. The Balaban J connectivity index is 2.03. The minimum Gasteiger partial charge on any atom is -0.378 e. The molecular weight excluding hydrogens is 236 g/mol. The third kappa shape index (κ3) is 3.83. The van der Waals surface area contributed by atoms with Gasteiger partial charge in [0.2, 0.25) is 0 Å². The molecule has 1 aromatic carbocycles. The topological polar surface area (TPSA) is 44.0 Å². The Labute approximate surface area is 114 Å². The third-order valence-corrected chi connectivity index (χ3v) is 3.31. The van der Waals surface area contributed by atoms with Crippen LogP contribution >= 0.6 is 0 Å². The Morgan fingerprint density at radius 3 is 2.68 bits per heavy atom. The van der Waals surface area contributed by atoms with E-state index in [1.165, 1.54) is 11.3 Å². The van der Waals surface area contributed by atoms with E-state index in [-0.39, 0.29) is 0 Å². The maximum Gasteiger partial charge on any atom is 0.125 e. The van der Waals surface area contributed by atoms with E-state index in [1.54, 1.807) is 6.20 Å². The van der Waals surface area contributed by atoms with E-state index in [4.69, 9.17) is 0 Å². The number of para-hydroxylation sites is 1. The van der Waals surface area contributed by atoms with Crippen LogP contribution in [0.25, 0.3) is 0 Å². The molecule has 0 fully saturated rings. The minimum atomic E-state index is 0.724. The Kier molecular flexibility index (Phi) is 4.98. The van der Waals surface area contributed by atoms with Gasteiger partial charge in [0.15, 0.2) is 0 Å². The van der Waals surface area contributed by atoms with Gasteiger partial charge < -0.3 is 10.3 Å². The fraction of sp³-hybridized carbons (Fsp3) is 0.400. The standard InChI is InChI=1S/C15H22N4/c1-3-19(4-2)12-13-7-5-6-8-14(13)18-11-15-16-9-10-17-15/h5-10,18H,3-4,11-12H2,1-2H3,(H,16,17). The van der Waals surface area contributed by atoms with Crippen LogP contribution in [0, 0.1) is 0 Å². The first-order valence-corrected chi connectivity index (χ1v) is 6.85. The molecule has 2 aromatic rings. The molecule has 0 aliphatic carbocycles. The van der Waals surface area contributed by atoms with Crippen molar-refractivity contribution in [2.75, 3.05) is 18.4 Å². The Bertz CT molecular complexity index is 475. The monoisotopic (exact) mass is 258 g/mol. The van der Waals surface area contributed by atoms with Gasteiger partial charge in [-0.05, 0) is 24.7 Å². The van der Waals surface area contributed by atoms with Crippen LogP contribution in [0.5, 0.6) is 0 Å². The molecular formula is C15H22N4. The zero-order chi connectivity index (χ0) is 13.5. The highest BCUT2D eigenvalue weighted by Crippen LogP contribution is 2.17. The number of imidazole rings is 1. The third-order valence-electron chi connectivity index (χ3n) is 3.31. The van der Waals surface area contributed by atoms with Crippen molar-refractivity contribution in [2.24, 2.45) is 0 Å². The van der Waals surface area contributed by atoms with Gasteiger partial charge in [-0.3, -0.25) is 4.90 Å². The molecule has 1 heterocycles. The SMILES string of the molecule is CCN(CC)Cc1ccccc1NCc1ncc[nH]1. The highest BCUT2D eigenvalue weighted by molar-refractivity contribution is 5.51. The summed E-state index contributed by atoms with van der Waals surface area (Å²) in [5, 5.41) is 3.45. The minimum absolute atomic E-state index is 0.724. The van der Waals surface area contributed by atoms with Gasteiger partial charge in [-0.2, -0.15) is 0 Å². The van der Waals surface area contributed by atoms with E-state index in [1.807, 2.05) is 6.20 Å². The van der Waals surface area contributed by atoms with Crippen molar-refractivity contribution in [3.8, 4) is 0 Å². The first kappa shape index (κ1) is 13.6. The molecule has 0 bridgehead atoms. The number of hydrogen-bond acceptors (Lipinski definition) is 3. The molecule has 0 saturated heterocycles. The normalized spacial score (nSPS) is 10.9. The summed E-state index contributed by atoms with van der Waals surface area (Å²) in [7, 11) is 0. The van der Waals surface area contributed by atoms with Crippen LogP contribution in [-0.2, 0) is 13.1 Å². The van der Waals surface area contributed by atoms with Crippen LogP contribution in [-0.4, -0.2) is 28.0 Å². The zero-order valence-corrected chi connectivity index (χ0v) is 11.7. The van der Waals surface area contributed by atoms with Crippen LogP contribution in [0.1, 0.15) is 25.2 Å². The van der Waals surface area contributed by atoms with E-state index >= 15 is 0 Å². The van der Waals surface area contributed by atoms with Crippen molar-refractivity contribution in [1.29, 1.82) is 0 Å². The van der Waals surface area contributed by atoms with Gasteiger partial charge in [-0.1, -0.05) is 32.0 Å². The summed E-state index contributed by atoms with van der Waals surface area (Å²) in [5.74, 6) is 0.956. The number of anilines is 1. The number of nitrogens with one attached hydrogen (secondary N) is 2. The summed E-state index contributed by atoms with van der Waals surface area (Å²) in [6, 6.07) is 8.47. The maximum atomic E-state index is 4.23. The van der Waals surface area contributed by atoms with Crippen LogP contribution in [0.3, 0.4) is 0 Å². The summed E-state index contributed by atoms with van der Waals surface area (Å²) in [6.45, 7) is 8.24. The lowest BCUT2D eigenvalue weighted by Crippen LogP contribution is -2.22. The highest BCUT2D eigenvalue weighted by atomic mass is 15.1. The number of aromatic amines is 1. The first-order valence-electron chi connectivity index (χ1n) is 6.85. The molecule has 2 rings (SSSR count). The molecule has 0 saturated carbocycles. The second-order valence-electron chi connectivity index (χ2n) is 4.51. The fourth-order valence-electron chi connectivity index (χ4n) is 2.09. The van der Waals surface area contributed by atoms with Gasteiger partial charge in [0, 0.05) is 24.6 Å².